The molecule has 8 nitrogen and oxygen atoms in total. The molecule has 8 heteroatoms. The third-order valence-electron chi connectivity index (χ3n) is 5.37. The van der Waals surface area contributed by atoms with Crippen molar-refractivity contribution in [1.29, 1.82) is 0 Å². The van der Waals surface area contributed by atoms with Crippen LogP contribution in [0.25, 0.3) is 11.2 Å². The van der Waals surface area contributed by atoms with Crippen molar-refractivity contribution in [2.75, 3.05) is 32.5 Å². The molecule has 0 aromatic carbocycles. The number of ether oxygens (including phenoxy) is 2. The number of anilines is 1. The number of hydrogen-bond donors (Lipinski definition) is 2. The Balaban J connectivity index is 1.61. The summed E-state index contributed by atoms with van der Waals surface area (Å²) >= 11 is 0. The van der Waals surface area contributed by atoms with Crippen LogP contribution < -0.4 is 20.5 Å². The summed E-state index contributed by atoms with van der Waals surface area (Å²) in [4.78, 5) is 13.2. The number of aromatic nitrogens is 4. The van der Waals surface area contributed by atoms with Gasteiger partial charge in [0.2, 0.25) is 0 Å². The van der Waals surface area contributed by atoms with Crippen LogP contribution in [0.4, 0.5) is 5.82 Å². The van der Waals surface area contributed by atoms with Crippen molar-refractivity contribution in [3.8, 4) is 12.0 Å². The van der Waals surface area contributed by atoms with E-state index in [4.69, 9.17) is 15.2 Å². The maximum absolute atomic E-state index is 6.09. The third-order valence-corrected chi connectivity index (χ3v) is 5.37. The number of nitrogens with two attached hydrogens (primary N) is 1. The molecule has 1 fully saturated rings. The van der Waals surface area contributed by atoms with Crippen molar-refractivity contribution in [2.24, 2.45) is 5.92 Å². The van der Waals surface area contributed by atoms with Gasteiger partial charge in [0.15, 0.2) is 17.0 Å². The second-order valence-corrected chi connectivity index (χ2v) is 7.58. The largest absolute Gasteiger partial charge is 0.468 e. The van der Waals surface area contributed by atoms with E-state index < -0.39 is 0 Å². The molecule has 0 amide bonds. The Morgan fingerprint density at radius 1 is 1.18 bits per heavy atom. The van der Waals surface area contributed by atoms with E-state index in [9.17, 15) is 0 Å². The standard InChI is InChI=1S/C20H34N6O2/c1-3-4-13-28-19-24-17(21)16-18(25-19)26(20(23-16)27-2)12-7-5-6-9-15-10-8-11-22-14-15/h15,22H,3-14H2,1-2H3,(H2,21,24,25). The topological polar surface area (TPSA) is 100 Å². The highest BCUT2D eigenvalue weighted by Gasteiger charge is 2.18. The maximum Gasteiger partial charge on any atom is 0.320 e. The second-order valence-electron chi connectivity index (χ2n) is 7.58. The highest BCUT2D eigenvalue weighted by molar-refractivity contribution is 5.83. The Labute approximate surface area is 167 Å². The molecule has 3 N–H and O–H groups in total. The van der Waals surface area contributed by atoms with Crippen LogP contribution >= 0.6 is 0 Å². The fourth-order valence-electron chi connectivity index (χ4n) is 3.76. The lowest BCUT2D eigenvalue weighted by atomic mass is 9.94. The molecule has 0 aliphatic carbocycles. The molecule has 0 saturated carbocycles. The van der Waals surface area contributed by atoms with Gasteiger partial charge in [0.25, 0.3) is 6.01 Å². The molecule has 0 radical (unpaired) electrons. The Hall–Kier alpha value is -2.09. The number of nitrogens with one attached hydrogen (secondary N) is 1. The molecule has 2 aromatic rings. The molecule has 156 valence electrons. The van der Waals surface area contributed by atoms with Crippen molar-refractivity contribution < 1.29 is 9.47 Å². The number of rotatable bonds is 11. The van der Waals surface area contributed by atoms with Gasteiger partial charge in [-0.3, -0.25) is 4.57 Å². The molecule has 0 bridgehead atoms. The molecular formula is C20H34N6O2. The molecule has 1 saturated heterocycles. The lowest BCUT2D eigenvalue weighted by molar-refractivity contribution is 0.286. The van der Waals surface area contributed by atoms with Crippen LogP contribution in [0.1, 0.15) is 58.3 Å². The normalized spacial score (nSPS) is 17.1. The lowest BCUT2D eigenvalue weighted by Gasteiger charge is -2.22. The Kier molecular flexibility index (Phi) is 7.71. The van der Waals surface area contributed by atoms with Crippen molar-refractivity contribution in [1.82, 2.24) is 24.8 Å². The number of imidazole rings is 1. The first-order valence-corrected chi connectivity index (χ1v) is 10.6. The van der Waals surface area contributed by atoms with Crippen LogP contribution in [0.5, 0.6) is 12.0 Å². The number of methoxy groups -OCH3 is 1. The van der Waals surface area contributed by atoms with Gasteiger partial charge in [-0.1, -0.05) is 26.2 Å². The van der Waals surface area contributed by atoms with Crippen LogP contribution in [0.3, 0.4) is 0 Å². The van der Waals surface area contributed by atoms with E-state index in [1.54, 1.807) is 7.11 Å². The van der Waals surface area contributed by atoms with Crippen LogP contribution in [0.2, 0.25) is 0 Å². The van der Waals surface area contributed by atoms with Gasteiger partial charge in [-0.05, 0) is 51.1 Å². The number of unbranched alkanes of at least 4 members (excludes halogenated alkanes) is 3. The SMILES string of the molecule is CCCCOc1nc(N)c2nc(OC)n(CCCCCC3CCCNC3)c2n1. The fraction of sp³-hybridized carbons (Fsp3) is 0.750. The summed E-state index contributed by atoms with van der Waals surface area (Å²) in [5, 5.41) is 3.50. The number of fused-ring (bicyclic) bond motifs is 1. The quantitative estimate of drug-likeness (QED) is 0.568. The highest BCUT2D eigenvalue weighted by atomic mass is 16.5. The molecule has 28 heavy (non-hydrogen) atoms. The van der Waals surface area contributed by atoms with E-state index in [0.29, 0.717) is 35.6 Å². The van der Waals surface area contributed by atoms with E-state index in [2.05, 4.69) is 27.2 Å². The summed E-state index contributed by atoms with van der Waals surface area (Å²) < 4.78 is 13.1. The van der Waals surface area contributed by atoms with Gasteiger partial charge in [-0.2, -0.15) is 15.0 Å². The first kappa shape index (κ1) is 20.6. The van der Waals surface area contributed by atoms with Crippen LogP contribution in [-0.4, -0.2) is 46.3 Å². The minimum atomic E-state index is 0.312. The average molecular weight is 391 g/mol. The van der Waals surface area contributed by atoms with Gasteiger partial charge < -0.3 is 20.5 Å². The van der Waals surface area contributed by atoms with Crippen LogP contribution in [-0.2, 0) is 6.54 Å². The molecular weight excluding hydrogens is 356 g/mol. The zero-order chi connectivity index (χ0) is 19.8. The summed E-state index contributed by atoms with van der Waals surface area (Å²) in [5.74, 6) is 1.17. The van der Waals surface area contributed by atoms with Gasteiger partial charge in [-0.15, -0.1) is 0 Å². The first-order chi connectivity index (χ1) is 13.7. The Bertz CT molecular complexity index is 742. The lowest BCUT2D eigenvalue weighted by Crippen LogP contribution is -2.29. The summed E-state index contributed by atoms with van der Waals surface area (Å²) in [5.41, 5.74) is 7.35. The molecule has 1 aliphatic heterocycles. The minimum absolute atomic E-state index is 0.312. The van der Waals surface area contributed by atoms with E-state index in [1.807, 2.05) is 4.57 Å². The highest BCUT2D eigenvalue weighted by Crippen LogP contribution is 2.26. The zero-order valence-corrected chi connectivity index (χ0v) is 17.2. The average Bonchev–Trinajstić information content (AvgIpc) is 3.07. The predicted octanol–water partition coefficient (Wildman–Crippen LogP) is 3.16. The van der Waals surface area contributed by atoms with Gasteiger partial charge >= 0.3 is 6.01 Å². The van der Waals surface area contributed by atoms with E-state index in [-0.39, 0.29) is 0 Å². The van der Waals surface area contributed by atoms with Crippen molar-refractivity contribution in [3.63, 3.8) is 0 Å². The van der Waals surface area contributed by atoms with Crippen molar-refractivity contribution >= 4 is 17.0 Å². The second kappa shape index (κ2) is 10.5. The summed E-state index contributed by atoms with van der Waals surface area (Å²) in [6.45, 7) is 5.86. The molecule has 3 heterocycles. The van der Waals surface area contributed by atoms with E-state index >= 15 is 0 Å². The summed E-state index contributed by atoms with van der Waals surface area (Å²) in [6.07, 6.45) is 9.48. The Morgan fingerprint density at radius 3 is 2.82 bits per heavy atom. The maximum atomic E-state index is 6.09. The number of piperidine rings is 1. The van der Waals surface area contributed by atoms with Gasteiger partial charge in [0.1, 0.15) is 0 Å². The molecule has 1 atom stereocenters. The number of nitrogen functional groups attached to an aromatic ring is 1. The molecule has 2 aromatic heterocycles. The predicted molar refractivity (Wildman–Crippen MR) is 111 cm³/mol. The van der Waals surface area contributed by atoms with Gasteiger partial charge in [-0.25, -0.2) is 0 Å². The van der Waals surface area contributed by atoms with Crippen LogP contribution in [0, 0.1) is 5.92 Å². The third kappa shape index (κ3) is 5.25. The smallest absolute Gasteiger partial charge is 0.320 e. The molecule has 3 rings (SSSR count). The van der Waals surface area contributed by atoms with E-state index in [1.165, 1.54) is 45.2 Å². The molecule has 1 unspecified atom stereocenters. The summed E-state index contributed by atoms with van der Waals surface area (Å²) in [6, 6.07) is 0.838. The number of aryl methyl sites for hydroxylation is 1. The Morgan fingerprint density at radius 2 is 2.07 bits per heavy atom. The van der Waals surface area contributed by atoms with E-state index in [0.717, 1.165) is 31.7 Å². The summed E-state index contributed by atoms with van der Waals surface area (Å²) in [7, 11) is 1.62. The minimum Gasteiger partial charge on any atom is -0.468 e. The number of nitrogens with zero attached hydrogens (tertiary/aromatic N) is 4. The van der Waals surface area contributed by atoms with Crippen LogP contribution in [0.15, 0.2) is 0 Å². The first-order valence-electron chi connectivity index (χ1n) is 10.6. The van der Waals surface area contributed by atoms with Crippen molar-refractivity contribution in [3.05, 3.63) is 0 Å². The molecule has 1 aliphatic rings. The fourth-order valence-corrected chi connectivity index (χ4v) is 3.76. The van der Waals surface area contributed by atoms with Gasteiger partial charge in [0, 0.05) is 6.54 Å². The van der Waals surface area contributed by atoms with Gasteiger partial charge in [0.05, 0.1) is 13.7 Å². The number of hydrogen-bond acceptors (Lipinski definition) is 7. The molecule has 0 spiro atoms. The van der Waals surface area contributed by atoms with Crippen molar-refractivity contribution in [2.45, 2.75) is 64.8 Å². The monoisotopic (exact) mass is 390 g/mol. The zero-order valence-electron chi connectivity index (χ0n) is 17.2.